The van der Waals surface area contributed by atoms with Gasteiger partial charge < -0.3 is 29.3 Å². The Kier molecular flexibility index (Phi) is 65700. The smallest absolute Gasteiger partial charge is 0 e. The van der Waals surface area contributed by atoms with Gasteiger partial charge in [-0.3, -0.25) is 13.6 Å². The van der Waals surface area contributed by atoms with Crippen LogP contribution in [0.5, 0.6) is 0 Å². The SMILES string of the molecule is [CH-]=O.[CH-]=O.[CH3-].[Mn].[NH2-].[NH2-]. The number of nitrogens with two attached hydrogens (primary N) is 2. The second kappa shape index (κ2) is 4660. The van der Waals surface area contributed by atoms with Crippen LogP contribution in [-0.2, 0) is 26.7 Å². The molecule has 0 aromatic rings. The van der Waals surface area contributed by atoms with Gasteiger partial charge in [0.25, 0.3) is 0 Å². The van der Waals surface area contributed by atoms with Gasteiger partial charge in [-0.25, -0.2) is 0 Å². The molecule has 0 aliphatic carbocycles. The third-order valence-electron chi connectivity index (χ3n) is 0. The zero-order valence-electron chi connectivity index (χ0n) is 4.50. The van der Waals surface area contributed by atoms with Crippen molar-refractivity contribution in [3.8, 4) is 0 Å². The molecule has 55 valence electrons. The standard InChI is InChI=1S/2CHO.CH3.Mn.2H2N/c2*1-2;;;;/h2*1H;1H3;;2*1H2/q3*-1;;2*-1. The summed E-state index contributed by atoms with van der Waals surface area (Å²) in [5.41, 5.74) is 0. The van der Waals surface area contributed by atoms with Crippen LogP contribution in [0.15, 0.2) is 0 Å². The van der Waals surface area contributed by atoms with Crippen LogP contribution >= 0.6 is 0 Å². The third kappa shape index (κ3) is 2710. The minimum absolute atomic E-state index is 0. The Balaban J connectivity index is -0.00000000167. The van der Waals surface area contributed by atoms with Crippen molar-refractivity contribution in [2.45, 2.75) is 0 Å². The number of hydrogen-bond acceptors (Lipinski definition) is 2. The average molecular weight is 160 g/mol. The van der Waals surface area contributed by atoms with Gasteiger partial charge in [-0.2, -0.15) is 0 Å². The molecule has 0 fully saturated rings. The first-order chi connectivity index (χ1) is 2.00. The largest absolute Gasteiger partial charge is 0.693 e. The van der Waals surface area contributed by atoms with Gasteiger partial charge in [0.15, 0.2) is 0 Å². The fourth-order valence-corrected chi connectivity index (χ4v) is 0. The zero-order valence-corrected chi connectivity index (χ0v) is 5.68. The summed E-state index contributed by atoms with van der Waals surface area (Å²) in [6, 6.07) is 0. The van der Waals surface area contributed by atoms with E-state index in [9.17, 15) is 0 Å². The Bertz CT molecular complexity index is 17.2. The van der Waals surface area contributed by atoms with Crippen molar-refractivity contribution >= 4 is 13.6 Å². The summed E-state index contributed by atoms with van der Waals surface area (Å²) in [4.78, 5) is 15.5. The molecular weight excluding hydrogens is 151 g/mol. The van der Waals surface area contributed by atoms with Gasteiger partial charge in [0, 0.05) is 17.1 Å². The summed E-state index contributed by atoms with van der Waals surface area (Å²) in [7, 11) is 0. The van der Waals surface area contributed by atoms with Crippen LogP contribution < -0.4 is 0 Å². The van der Waals surface area contributed by atoms with Gasteiger partial charge in [0.05, 0.1) is 0 Å². The van der Waals surface area contributed by atoms with E-state index in [1.165, 1.54) is 0 Å². The fourth-order valence-electron chi connectivity index (χ4n) is 0. The van der Waals surface area contributed by atoms with Crippen LogP contribution in [0, 0.1) is 7.43 Å². The monoisotopic (exact) mass is 160 g/mol. The second-order valence-corrected chi connectivity index (χ2v) is 0. The summed E-state index contributed by atoms with van der Waals surface area (Å²) < 4.78 is 0. The summed E-state index contributed by atoms with van der Waals surface area (Å²) in [6.45, 7) is 6.50. The summed E-state index contributed by atoms with van der Waals surface area (Å²) in [5.74, 6) is 0. The Morgan fingerprint density at radius 1 is 0.750 bits per heavy atom. The Labute approximate surface area is 60.7 Å². The zero-order chi connectivity index (χ0) is 4.00. The number of carbonyl (C=O) groups excluding carboxylic acids is 2. The van der Waals surface area contributed by atoms with E-state index < -0.39 is 0 Å². The number of hydrogen-bond donors (Lipinski definition) is 0. The molecule has 0 unspecified atom stereocenters. The normalized spacial score (nSPS) is 1.00. The molecule has 4 nitrogen and oxygen atoms in total. The molecule has 4 N–H and O–H groups in total. The number of rotatable bonds is 0. The predicted molar refractivity (Wildman–Crippen MR) is 30.5 cm³/mol. The molecule has 0 aromatic heterocycles. The minimum Gasteiger partial charge on any atom is -0.693 e. The first kappa shape index (κ1) is 113. The first-order valence-electron chi connectivity index (χ1n) is 0.471. The Morgan fingerprint density at radius 2 is 0.750 bits per heavy atom. The van der Waals surface area contributed by atoms with E-state index in [0.717, 1.165) is 0 Å². The third-order valence-corrected chi connectivity index (χ3v) is 0. The molecule has 0 bridgehead atoms. The maximum atomic E-state index is 7.75. The van der Waals surface area contributed by atoms with Crippen LogP contribution in [0.3, 0.4) is 0 Å². The molecule has 0 saturated heterocycles. The van der Waals surface area contributed by atoms with Gasteiger partial charge >= 0.3 is 0 Å². The van der Waals surface area contributed by atoms with E-state index in [0.29, 0.717) is 0 Å². The van der Waals surface area contributed by atoms with Crippen LogP contribution in [0.4, 0.5) is 0 Å². The molecule has 0 atom stereocenters. The molecule has 5 heteroatoms. The van der Waals surface area contributed by atoms with Crippen molar-refractivity contribution in [2.75, 3.05) is 0 Å². The minimum atomic E-state index is 0. The van der Waals surface area contributed by atoms with Crippen molar-refractivity contribution in [1.82, 2.24) is 0 Å². The molecule has 0 aromatic carbocycles. The van der Waals surface area contributed by atoms with Gasteiger partial charge in [-0.15, -0.1) is 0 Å². The van der Waals surface area contributed by atoms with Gasteiger partial charge in [0.1, 0.15) is 0 Å². The average Bonchev–Trinajstić information content (AvgIpc) is 1.50. The molecule has 1 radical (unpaired) electrons. The summed E-state index contributed by atoms with van der Waals surface area (Å²) in [6.07, 6.45) is 0. The molecule has 0 heterocycles. The van der Waals surface area contributed by atoms with E-state index in [4.69, 9.17) is 9.59 Å². The predicted octanol–water partition coefficient (Wildman–Crippen LogP) is 1.33. The topological polar surface area (TPSA) is 101 Å². The molecule has 8 heavy (non-hydrogen) atoms. The van der Waals surface area contributed by atoms with Gasteiger partial charge in [-0.05, 0) is 0 Å². The quantitative estimate of drug-likeness (QED) is 0.303. The van der Waals surface area contributed by atoms with Crippen molar-refractivity contribution in [3.05, 3.63) is 19.7 Å². The van der Waals surface area contributed by atoms with Crippen molar-refractivity contribution in [2.24, 2.45) is 0 Å². The van der Waals surface area contributed by atoms with Crippen LogP contribution in [-0.4, -0.2) is 13.6 Å². The molecule has 0 amide bonds. The molecule has 0 rings (SSSR count). The van der Waals surface area contributed by atoms with E-state index >= 15 is 0 Å². The van der Waals surface area contributed by atoms with E-state index in [-0.39, 0.29) is 36.8 Å². The van der Waals surface area contributed by atoms with E-state index in [2.05, 4.69) is 13.6 Å². The summed E-state index contributed by atoms with van der Waals surface area (Å²) >= 11 is 0. The van der Waals surface area contributed by atoms with Gasteiger partial charge in [-0.1, -0.05) is 0 Å². The maximum absolute atomic E-state index is 7.75. The molecule has 0 aliphatic rings. The molecule has 0 spiro atoms. The van der Waals surface area contributed by atoms with Gasteiger partial charge in [0.2, 0.25) is 0 Å². The maximum Gasteiger partial charge on any atom is 0 e. The molecule has 0 aliphatic heterocycles. The van der Waals surface area contributed by atoms with Crippen LogP contribution in [0.1, 0.15) is 0 Å². The van der Waals surface area contributed by atoms with E-state index in [1.807, 2.05) is 0 Å². The van der Waals surface area contributed by atoms with Crippen molar-refractivity contribution < 1.29 is 26.7 Å². The fraction of sp³-hybridized carbons (Fsp3) is 0. The second-order valence-electron chi connectivity index (χ2n) is 0. The molecule has 0 saturated carbocycles. The van der Waals surface area contributed by atoms with Crippen LogP contribution in [0.2, 0.25) is 0 Å². The molecular formula is C3H9MnN2O2-5. The van der Waals surface area contributed by atoms with E-state index in [1.54, 1.807) is 0 Å². The Hall–Kier alpha value is -0.221. The first-order valence-corrected chi connectivity index (χ1v) is 0.471. The van der Waals surface area contributed by atoms with Crippen molar-refractivity contribution in [3.63, 3.8) is 0 Å². The van der Waals surface area contributed by atoms with Crippen molar-refractivity contribution in [1.29, 1.82) is 0 Å². The summed E-state index contributed by atoms with van der Waals surface area (Å²) in [5, 5.41) is 0. The van der Waals surface area contributed by atoms with Crippen LogP contribution in [0.25, 0.3) is 12.3 Å². The Morgan fingerprint density at radius 3 is 0.750 bits per heavy atom.